The number of amides is 2. The molecule has 0 aliphatic carbocycles. The lowest BCUT2D eigenvalue weighted by Crippen LogP contribution is -2.35. The van der Waals surface area contributed by atoms with E-state index < -0.39 is 0 Å². The van der Waals surface area contributed by atoms with Gasteiger partial charge in [0.2, 0.25) is 11.8 Å². The minimum absolute atomic E-state index is 0.134. The number of carbonyl (C=O) groups is 2. The van der Waals surface area contributed by atoms with E-state index >= 15 is 0 Å². The zero-order valence-corrected chi connectivity index (χ0v) is 17.6. The molecule has 6 nitrogen and oxygen atoms in total. The summed E-state index contributed by atoms with van der Waals surface area (Å²) in [6, 6.07) is 9.87. The number of thiophene rings is 1. The molecule has 1 aromatic carbocycles. The van der Waals surface area contributed by atoms with Crippen LogP contribution in [0.25, 0.3) is 0 Å². The topological polar surface area (TPSA) is 82.4 Å². The molecule has 2 heterocycles. The second-order valence-corrected chi connectivity index (χ2v) is 8.10. The number of rotatable bonds is 7. The maximum atomic E-state index is 12.5. The zero-order valence-electron chi connectivity index (χ0n) is 16.8. The number of hydrogen-bond acceptors (Lipinski definition) is 5. The lowest BCUT2D eigenvalue weighted by Gasteiger charge is -2.26. The quantitative estimate of drug-likeness (QED) is 0.749. The van der Waals surface area contributed by atoms with Gasteiger partial charge in [-0.15, -0.1) is 11.3 Å². The number of anilines is 1. The molecule has 1 N–H and O–H groups in total. The Hall–Kier alpha value is -2.85. The van der Waals surface area contributed by atoms with E-state index in [0.29, 0.717) is 49.3 Å². The highest BCUT2D eigenvalue weighted by molar-refractivity contribution is 7.16. The van der Waals surface area contributed by atoms with Crippen molar-refractivity contribution in [1.82, 2.24) is 4.90 Å². The van der Waals surface area contributed by atoms with E-state index in [1.807, 2.05) is 36.1 Å². The van der Waals surface area contributed by atoms with Crippen molar-refractivity contribution in [3.8, 4) is 11.8 Å². The van der Waals surface area contributed by atoms with Crippen molar-refractivity contribution >= 4 is 28.2 Å². The minimum atomic E-state index is -0.134. The normalized spacial score (nSPS) is 12.8. The molecule has 0 saturated heterocycles. The number of fused-ring (bicyclic) bond motifs is 1. The average molecular weight is 412 g/mol. The van der Waals surface area contributed by atoms with Gasteiger partial charge in [0.25, 0.3) is 0 Å². The summed E-state index contributed by atoms with van der Waals surface area (Å²) >= 11 is 1.41. The van der Waals surface area contributed by atoms with Crippen LogP contribution in [0.4, 0.5) is 5.00 Å². The number of benzene rings is 1. The molecule has 3 rings (SSSR count). The third-order valence-electron chi connectivity index (χ3n) is 5.05. The smallest absolute Gasteiger partial charge is 0.225 e. The van der Waals surface area contributed by atoms with Gasteiger partial charge in [-0.25, -0.2) is 0 Å². The van der Waals surface area contributed by atoms with Gasteiger partial charge in [0.1, 0.15) is 16.8 Å². The number of aryl methyl sites for hydroxylation is 1. The van der Waals surface area contributed by atoms with E-state index in [9.17, 15) is 14.9 Å². The predicted molar refractivity (Wildman–Crippen MR) is 113 cm³/mol. The first kappa shape index (κ1) is 20.9. The fraction of sp³-hybridized carbons (Fsp3) is 0.409. The van der Waals surface area contributed by atoms with Crippen molar-refractivity contribution in [3.05, 3.63) is 45.8 Å². The highest BCUT2D eigenvalue weighted by Crippen LogP contribution is 2.37. The Labute approximate surface area is 175 Å². The van der Waals surface area contributed by atoms with E-state index in [-0.39, 0.29) is 11.8 Å². The number of nitrogens with zero attached hydrogens (tertiary/aromatic N) is 2. The predicted octanol–water partition coefficient (Wildman–Crippen LogP) is 3.88. The number of carbonyl (C=O) groups excluding carboxylic acids is 2. The van der Waals surface area contributed by atoms with E-state index in [1.165, 1.54) is 11.3 Å². The molecule has 0 radical (unpaired) electrons. The molecule has 29 heavy (non-hydrogen) atoms. The van der Waals surface area contributed by atoms with Crippen LogP contribution in [-0.4, -0.2) is 30.4 Å². The van der Waals surface area contributed by atoms with Gasteiger partial charge in [-0.1, -0.05) is 25.1 Å². The fourth-order valence-corrected chi connectivity index (χ4v) is 4.77. The summed E-state index contributed by atoms with van der Waals surface area (Å²) in [5.74, 6) is 0.777. The van der Waals surface area contributed by atoms with Crippen molar-refractivity contribution in [1.29, 1.82) is 5.26 Å². The van der Waals surface area contributed by atoms with Gasteiger partial charge in [-0.05, 0) is 36.5 Å². The molecule has 2 amide bonds. The van der Waals surface area contributed by atoms with Gasteiger partial charge >= 0.3 is 0 Å². The summed E-state index contributed by atoms with van der Waals surface area (Å²) in [6.07, 6.45) is 2.88. The van der Waals surface area contributed by atoms with Crippen molar-refractivity contribution in [2.24, 2.45) is 0 Å². The molecule has 0 atom stereocenters. The van der Waals surface area contributed by atoms with Crippen LogP contribution in [-0.2, 0) is 29.0 Å². The van der Waals surface area contributed by atoms with Crippen LogP contribution in [0.1, 0.15) is 47.8 Å². The largest absolute Gasteiger partial charge is 0.496 e. The Morgan fingerprint density at radius 3 is 2.83 bits per heavy atom. The molecule has 152 valence electrons. The van der Waals surface area contributed by atoms with Gasteiger partial charge in [-0.2, -0.15) is 5.26 Å². The molecule has 1 aliphatic heterocycles. The molecule has 0 bridgehead atoms. The standard InChI is InChI=1S/C22H25N3O3S/c1-3-6-21(27)25-12-11-16-17(13-23)22(29-19(16)14-25)24-20(26)10-9-15-7-4-5-8-18(15)28-2/h4-5,7-8H,3,6,9-12,14H2,1-2H3,(H,24,26). The van der Waals surface area contributed by atoms with Crippen molar-refractivity contribution in [2.75, 3.05) is 19.0 Å². The first-order valence-corrected chi connectivity index (χ1v) is 10.6. The van der Waals surface area contributed by atoms with E-state index in [4.69, 9.17) is 4.74 Å². The van der Waals surface area contributed by atoms with Crippen LogP contribution in [0.2, 0.25) is 0 Å². The summed E-state index contributed by atoms with van der Waals surface area (Å²) in [4.78, 5) is 27.6. The Morgan fingerprint density at radius 2 is 2.10 bits per heavy atom. The van der Waals surface area contributed by atoms with Crippen LogP contribution >= 0.6 is 11.3 Å². The number of hydrogen-bond donors (Lipinski definition) is 1. The summed E-state index contributed by atoms with van der Waals surface area (Å²) < 4.78 is 5.33. The summed E-state index contributed by atoms with van der Waals surface area (Å²) in [6.45, 7) is 3.13. The second-order valence-electron chi connectivity index (χ2n) is 7.00. The van der Waals surface area contributed by atoms with Gasteiger partial charge < -0.3 is 15.0 Å². The first-order chi connectivity index (χ1) is 14.1. The Bertz CT molecular complexity index is 945. The maximum absolute atomic E-state index is 12.5. The summed E-state index contributed by atoms with van der Waals surface area (Å²) in [5.41, 5.74) is 2.48. The van der Waals surface area contributed by atoms with E-state index in [1.54, 1.807) is 7.11 Å². The molecule has 0 fully saturated rings. The molecule has 2 aromatic rings. The highest BCUT2D eigenvalue weighted by atomic mass is 32.1. The highest BCUT2D eigenvalue weighted by Gasteiger charge is 2.27. The average Bonchev–Trinajstić information content (AvgIpc) is 3.08. The summed E-state index contributed by atoms with van der Waals surface area (Å²) in [7, 11) is 1.61. The van der Waals surface area contributed by atoms with Crippen LogP contribution in [0, 0.1) is 11.3 Å². The van der Waals surface area contributed by atoms with Gasteiger partial charge in [0, 0.05) is 24.3 Å². The monoisotopic (exact) mass is 411 g/mol. The molecular formula is C22H25N3O3S. The number of nitriles is 1. The Kier molecular flexibility index (Phi) is 6.89. The lowest BCUT2D eigenvalue weighted by molar-refractivity contribution is -0.132. The number of methoxy groups -OCH3 is 1. The fourth-order valence-electron chi connectivity index (χ4n) is 3.54. The van der Waals surface area contributed by atoms with E-state index in [0.717, 1.165) is 28.2 Å². The van der Waals surface area contributed by atoms with Gasteiger partial charge in [0.05, 0.1) is 19.2 Å². The zero-order chi connectivity index (χ0) is 20.8. The number of para-hydroxylation sites is 1. The number of ether oxygens (including phenoxy) is 1. The van der Waals surface area contributed by atoms with Crippen LogP contribution in [0.3, 0.4) is 0 Å². The first-order valence-electron chi connectivity index (χ1n) is 9.81. The van der Waals surface area contributed by atoms with Crippen molar-refractivity contribution in [2.45, 2.75) is 45.6 Å². The Morgan fingerprint density at radius 1 is 1.31 bits per heavy atom. The summed E-state index contributed by atoms with van der Waals surface area (Å²) in [5, 5.41) is 13.1. The Balaban J connectivity index is 1.68. The molecular weight excluding hydrogens is 386 g/mol. The van der Waals surface area contributed by atoms with E-state index in [2.05, 4.69) is 11.4 Å². The molecule has 7 heteroatoms. The third-order valence-corrected chi connectivity index (χ3v) is 6.18. The molecule has 1 aliphatic rings. The number of nitrogens with one attached hydrogen (secondary N) is 1. The SMILES string of the molecule is CCCC(=O)N1CCc2c(sc(NC(=O)CCc3ccccc3OC)c2C#N)C1. The van der Waals surface area contributed by atoms with Gasteiger partial charge in [0.15, 0.2) is 0 Å². The molecule has 0 spiro atoms. The second kappa shape index (κ2) is 9.57. The van der Waals surface area contributed by atoms with Crippen molar-refractivity contribution < 1.29 is 14.3 Å². The molecule has 0 saturated carbocycles. The minimum Gasteiger partial charge on any atom is -0.496 e. The van der Waals surface area contributed by atoms with Crippen LogP contribution < -0.4 is 10.1 Å². The van der Waals surface area contributed by atoms with Gasteiger partial charge in [-0.3, -0.25) is 9.59 Å². The lowest BCUT2D eigenvalue weighted by atomic mass is 10.0. The van der Waals surface area contributed by atoms with Crippen molar-refractivity contribution in [3.63, 3.8) is 0 Å². The molecule has 1 aromatic heterocycles. The molecule has 0 unspecified atom stereocenters. The maximum Gasteiger partial charge on any atom is 0.225 e. The third kappa shape index (κ3) is 4.77. The van der Waals surface area contributed by atoms with Crippen LogP contribution in [0.5, 0.6) is 5.75 Å². The van der Waals surface area contributed by atoms with Crippen LogP contribution in [0.15, 0.2) is 24.3 Å².